The van der Waals surface area contributed by atoms with E-state index in [1.54, 1.807) is 0 Å². The van der Waals surface area contributed by atoms with E-state index < -0.39 is 19.5 Å². The van der Waals surface area contributed by atoms with Crippen LogP contribution >= 0.6 is 18.9 Å². The molecule has 0 saturated carbocycles. The second kappa shape index (κ2) is 10.9. The number of ether oxygens (including phenoxy) is 1. The molecule has 1 heterocycles. The fourth-order valence-electron chi connectivity index (χ4n) is 2.92. The Balaban J connectivity index is 0.00000441. The summed E-state index contributed by atoms with van der Waals surface area (Å²) in [5.74, 6) is -0.611. The molecule has 130 valence electrons. The van der Waals surface area contributed by atoms with Crippen molar-refractivity contribution < 1.29 is 27.0 Å². The van der Waals surface area contributed by atoms with Gasteiger partial charge in [0.15, 0.2) is 5.03 Å². The van der Waals surface area contributed by atoms with E-state index in [0.717, 1.165) is 57.0 Å². The maximum absolute atomic E-state index is 12.3. The minimum absolute atomic E-state index is 0. The Morgan fingerprint density at radius 2 is 1.45 bits per heavy atom. The second-order valence-electron chi connectivity index (χ2n) is 5.81. The first-order valence-electron chi connectivity index (χ1n) is 8.15. The number of carbonyl (C=O) groups is 1. The molecule has 0 aromatic rings. The molecule has 1 aliphatic heterocycles. The molecular weight excluding hydrogens is 342 g/mol. The van der Waals surface area contributed by atoms with E-state index in [1.807, 2.05) is 0 Å². The van der Waals surface area contributed by atoms with Gasteiger partial charge in [-0.1, -0.05) is 51.6 Å². The van der Waals surface area contributed by atoms with Crippen molar-refractivity contribution in [3.8, 4) is 0 Å². The zero-order valence-corrected chi connectivity index (χ0v) is 16.3. The lowest BCUT2D eigenvalue weighted by molar-refractivity contribution is -0.460. The zero-order valence-electron chi connectivity index (χ0n) is 13.9. The Kier molecular flexibility index (Phi) is 11.0. The van der Waals surface area contributed by atoms with Gasteiger partial charge in [-0.2, -0.15) is 0 Å². The molecule has 22 heavy (non-hydrogen) atoms. The highest BCUT2D eigenvalue weighted by molar-refractivity contribution is 7.80. The summed E-state index contributed by atoms with van der Waals surface area (Å²) < 4.78 is 4.86. The van der Waals surface area contributed by atoms with Gasteiger partial charge < -0.3 is 22.3 Å². The van der Waals surface area contributed by atoms with Crippen molar-refractivity contribution in [3.63, 3.8) is 0 Å². The first kappa shape index (κ1) is 22.2. The lowest BCUT2D eigenvalue weighted by atomic mass is 10.4. The summed E-state index contributed by atoms with van der Waals surface area (Å²) in [5.41, 5.74) is 0. The Labute approximate surface area is 146 Å². The number of unbranched alkanes of at least 4 members (excludes halogenated alkanes) is 3. The molecule has 0 amide bonds. The van der Waals surface area contributed by atoms with Gasteiger partial charge in [0.05, 0.1) is 24.8 Å². The van der Waals surface area contributed by atoms with Gasteiger partial charge in [0, 0.05) is 7.26 Å². The zero-order chi connectivity index (χ0) is 15.9. The molecule has 0 fully saturated rings. The third-order valence-electron chi connectivity index (χ3n) is 4.17. The number of cyclic esters (lactones) is 1. The molecule has 1 atom stereocenters. The van der Waals surface area contributed by atoms with Crippen LogP contribution in [-0.2, 0) is 9.53 Å². The van der Waals surface area contributed by atoms with Gasteiger partial charge in [0.1, 0.15) is 5.31 Å². The smallest absolute Gasteiger partial charge is 0.352 e. The average Bonchev–Trinajstić information content (AvgIpc) is 2.73. The second-order valence-corrected chi connectivity index (χ2v) is 10.3. The van der Waals surface area contributed by atoms with Gasteiger partial charge in [0.25, 0.3) is 0 Å². The molecule has 3 nitrogen and oxygen atoms in total. The van der Waals surface area contributed by atoms with Gasteiger partial charge in [-0.25, -0.2) is 4.79 Å². The molecular formula is C16H28Cl2O3P-. The van der Waals surface area contributed by atoms with E-state index in [2.05, 4.69) is 20.8 Å². The normalized spacial score (nSPS) is 18.4. The molecule has 0 aromatic heterocycles. The molecule has 0 radical (unpaired) electrons. The molecule has 0 N–H and O–H groups in total. The summed E-state index contributed by atoms with van der Waals surface area (Å²) >= 11 is 6.18. The summed E-state index contributed by atoms with van der Waals surface area (Å²) in [6.07, 6.45) is 8.32. The van der Waals surface area contributed by atoms with Crippen molar-refractivity contribution in [1.29, 1.82) is 0 Å². The Morgan fingerprint density at radius 3 is 1.73 bits per heavy atom. The predicted molar refractivity (Wildman–Crippen MR) is 89.0 cm³/mol. The van der Waals surface area contributed by atoms with Crippen molar-refractivity contribution in [1.82, 2.24) is 0 Å². The van der Waals surface area contributed by atoms with Crippen molar-refractivity contribution in [2.45, 2.75) is 65.6 Å². The third-order valence-corrected chi connectivity index (χ3v) is 9.63. The minimum atomic E-state index is -1.65. The fourth-order valence-corrected chi connectivity index (χ4v) is 8.76. The lowest BCUT2D eigenvalue weighted by Gasteiger charge is -2.32. The largest absolute Gasteiger partial charge is 1.00 e. The van der Waals surface area contributed by atoms with Crippen molar-refractivity contribution >= 4 is 24.8 Å². The van der Waals surface area contributed by atoms with Gasteiger partial charge in [-0.15, -0.1) is 0 Å². The fraction of sp³-hybridized carbons (Fsp3) is 0.812. The highest BCUT2D eigenvalue weighted by atomic mass is 35.5. The molecule has 0 saturated heterocycles. The van der Waals surface area contributed by atoms with E-state index >= 15 is 0 Å². The number of carbonyl (C=O) groups excluding carboxylic acids is 1. The Hall–Kier alpha value is 0.180. The molecule has 0 spiro atoms. The SMILES string of the molecule is CCCC[P+](CCCC)(CCCC)C1=C(Cl)C(=O)OC1[O-].[Cl-]. The minimum Gasteiger partial charge on any atom is -1.00 e. The summed E-state index contributed by atoms with van der Waals surface area (Å²) in [6, 6.07) is 0. The van der Waals surface area contributed by atoms with Crippen LogP contribution < -0.4 is 17.5 Å². The van der Waals surface area contributed by atoms with E-state index in [0.29, 0.717) is 5.31 Å². The number of hydrogen-bond donors (Lipinski definition) is 0. The highest BCUT2D eigenvalue weighted by Crippen LogP contribution is 2.70. The van der Waals surface area contributed by atoms with E-state index in [9.17, 15) is 9.90 Å². The standard InChI is InChI=1S/C16H28ClO3P.ClH/c1-4-7-10-21(11-8-5-2,12-9-6-3)14-13(17)15(18)20-16(14)19;/h16H,4-12H2,1-3H3;1H/p-1. The maximum atomic E-state index is 12.3. The first-order valence-corrected chi connectivity index (χ1v) is 10.9. The van der Waals surface area contributed by atoms with E-state index in [-0.39, 0.29) is 17.4 Å². The number of halogens is 2. The van der Waals surface area contributed by atoms with Gasteiger partial charge in [-0.3, -0.25) is 0 Å². The van der Waals surface area contributed by atoms with Crippen LogP contribution in [0.4, 0.5) is 0 Å². The Morgan fingerprint density at radius 1 is 1.05 bits per heavy atom. The van der Waals surface area contributed by atoms with Crippen LogP contribution in [0.1, 0.15) is 59.3 Å². The average molecular weight is 370 g/mol. The van der Waals surface area contributed by atoms with Crippen molar-refractivity contribution in [2.75, 3.05) is 18.5 Å². The summed E-state index contributed by atoms with van der Waals surface area (Å²) in [6.45, 7) is 6.49. The van der Waals surface area contributed by atoms with Crippen LogP contribution in [0.2, 0.25) is 0 Å². The van der Waals surface area contributed by atoms with Crippen LogP contribution in [0.15, 0.2) is 10.3 Å². The molecule has 1 aliphatic rings. The van der Waals surface area contributed by atoms with E-state index in [1.165, 1.54) is 0 Å². The third kappa shape index (κ3) is 5.37. The van der Waals surface area contributed by atoms with E-state index in [4.69, 9.17) is 16.3 Å². The topological polar surface area (TPSA) is 49.4 Å². The molecule has 1 rings (SSSR count). The van der Waals surface area contributed by atoms with Crippen LogP contribution in [0.5, 0.6) is 0 Å². The molecule has 6 heteroatoms. The molecule has 1 unspecified atom stereocenters. The first-order chi connectivity index (χ1) is 10.0. The van der Waals surface area contributed by atoms with Crippen LogP contribution in [0.25, 0.3) is 0 Å². The van der Waals surface area contributed by atoms with Gasteiger partial charge >= 0.3 is 5.97 Å². The lowest BCUT2D eigenvalue weighted by Crippen LogP contribution is -3.00. The molecule has 0 bridgehead atoms. The monoisotopic (exact) mass is 369 g/mol. The predicted octanol–water partition coefficient (Wildman–Crippen LogP) is 1.10. The van der Waals surface area contributed by atoms with Crippen molar-refractivity contribution in [2.24, 2.45) is 0 Å². The summed E-state index contributed by atoms with van der Waals surface area (Å²) in [7, 11) is -1.65. The van der Waals surface area contributed by atoms with Crippen molar-refractivity contribution in [3.05, 3.63) is 10.3 Å². The summed E-state index contributed by atoms with van der Waals surface area (Å²) in [4.78, 5) is 11.7. The summed E-state index contributed by atoms with van der Waals surface area (Å²) in [5, 5.41) is 13.0. The van der Waals surface area contributed by atoms with Crippen LogP contribution in [0, 0.1) is 0 Å². The number of hydrogen-bond acceptors (Lipinski definition) is 3. The maximum Gasteiger partial charge on any atom is 0.352 e. The quantitative estimate of drug-likeness (QED) is 0.428. The molecule has 0 aromatic carbocycles. The Bertz CT molecular complexity index is 364. The van der Waals surface area contributed by atoms with Gasteiger partial charge in [0.2, 0.25) is 0 Å². The number of esters is 1. The highest BCUT2D eigenvalue weighted by Gasteiger charge is 2.48. The molecule has 0 aliphatic carbocycles. The van der Waals surface area contributed by atoms with Gasteiger partial charge in [-0.05, 0) is 19.3 Å². The van der Waals surface area contributed by atoms with Crippen LogP contribution in [0.3, 0.4) is 0 Å². The number of rotatable bonds is 10. The van der Waals surface area contributed by atoms with Crippen LogP contribution in [-0.4, -0.2) is 30.7 Å².